The van der Waals surface area contributed by atoms with E-state index in [2.05, 4.69) is 12.1 Å². The van der Waals surface area contributed by atoms with E-state index < -0.39 is 0 Å². The van der Waals surface area contributed by atoms with Crippen LogP contribution in [0.4, 0.5) is 4.39 Å². The van der Waals surface area contributed by atoms with Crippen molar-refractivity contribution in [3.63, 3.8) is 0 Å². The Labute approximate surface area is 116 Å². The number of halogens is 1. The molecule has 3 rings (SSSR count). The maximum Gasteiger partial charge on any atom is 0.140 e. The number of rotatable bonds is 2. The molecule has 19 heavy (non-hydrogen) atoms. The van der Waals surface area contributed by atoms with E-state index in [1.807, 2.05) is 18.2 Å². The van der Waals surface area contributed by atoms with Gasteiger partial charge < -0.3 is 4.74 Å². The lowest BCUT2D eigenvalue weighted by Crippen LogP contribution is -2.05. The lowest BCUT2D eigenvalue weighted by Gasteiger charge is -2.21. The first-order chi connectivity index (χ1) is 9.34. The molecule has 0 atom stereocenters. The van der Waals surface area contributed by atoms with E-state index in [-0.39, 0.29) is 5.82 Å². The zero-order valence-corrected chi connectivity index (χ0v) is 11.1. The van der Waals surface area contributed by atoms with E-state index in [4.69, 9.17) is 4.74 Å². The van der Waals surface area contributed by atoms with Crippen LogP contribution in [0.15, 0.2) is 54.6 Å². The largest absolute Gasteiger partial charge is 0.491 e. The van der Waals surface area contributed by atoms with Gasteiger partial charge in [0, 0.05) is 11.3 Å². The van der Waals surface area contributed by atoms with Gasteiger partial charge in [0.05, 0.1) is 11.5 Å². The highest BCUT2D eigenvalue weighted by atomic mass is 32.2. The van der Waals surface area contributed by atoms with Crippen LogP contribution in [-0.2, 0) is 4.74 Å². The highest BCUT2D eigenvalue weighted by Crippen LogP contribution is 2.39. The standard InChI is InChI=1S/C16H13FOS/c17-14-8-6-12(7-9-14)15-16(19-11-10-18-15)13-4-2-1-3-5-13/h1-9H,10-11H2. The SMILES string of the molecule is Fc1ccc(C2=C(c3ccccc3)SCCO2)cc1. The van der Waals surface area contributed by atoms with Crippen molar-refractivity contribution in [2.75, 3.05) is 12.4 Å². The van der Waals surface area contributed by atoms with Gasteiger partial charge in [-0.3, -0.25) is 0 Å². The summed E-state index contributed by atoms with van der Waals surface area (Å²) in [5.41, 5.74) is 2.07. The summed E-state index contributed by atoms with van der Waals surface area (Å²) in [6.07, 6.45) is 0. The third-order valence-corrected chi connectivity index (χ3v) is 4.01. The second kappa shape index (κ2) is 5.49. The Morgan fingerprint density at radius 1 is 0.895 bits per heavy atom. The van der Waals surface area contributed by atoms with Gasteiger partial charge >= 0.3 is 0 Å². The Balaban J connectivity index is 2.08. The smallest absolute Gasteiger partial charge is 0.140 e. The molecule has 0 fully saturated rings. The zero-order valence-electron chi connectivity index (χ0n) is 10.3. The lowest BCUT2D eigenvalue weighted by atomic mass is 10.1. The van der Waals surface area contributed by atoms with Crippen molar-refractivity contribution in [1.29, 1.82) is 0 Å². The highest BCUT2D eigenvalue weighted by molar-refractivity contribution is 8.08. The molecule has 1 aliphatic heterocycles. The average molecular weight is 272 g/mol. The van der Waals surface area contributed by atoms with Gasteiger partial charge in [0.2, 0.25) is 0 Å². The van der Waals surface area contributed by atoms with Gasteiger partial charge in [0.15, 0.2) is 0 Å². The van der Waals surface area contributed by atoms with Crippen molar-refractivity contribution < 1.29 is 9.13 Å². The van der Waals surface area contributed by atoms with Crippen LogP contribution in [0.5, 0.6) is 0 Å². The van der Waals surface area contributed by atoms with Crippen LogP contribution in [0.25, 0.3) is 10.7 Å². The van der Waals surface area contributed by atoms with E-state index in [1.165, 1.54) is 12.1 Å². The number of hydrogen-bond acceptors (Lipinski definition) is 2. The fraction of sp³-hybridized carbons (Fsp3) is 0.125. The number of benzene rings is 2. The Bertz CT molecular complexity index is 590. The normalized spacial score (nSPS) is 15.2. The Hall–Kier alpha value is -1.74. The minimum Gasteiger partial charge on any atom is -0.491 e. The molecule has 0 unspecified atom stereocenters. The summed E-state index contributed by atoms with van der Waals surface area (Å²) < 4.78 is 18.8. The summed E-state index contributed by atoms with van der Waals surface area (Å²) in [7, 11) is 0. The summed E-state index contributed by atoms with van der Waals surface area (Å²) in [6, 6.07) is 16.6. The molecule has 0 bridgehead atoms. The third kappa shape index (κ3) is 2.66. The summed E-state index contributed by atoms with van der Waals surface area (Å²) in [6.45, 7) is 0.688. The van der Waals surface area contributed by atoms with Crippen molar-refractivity contribution in [1.82, 2.24) is 0 Å². The van der Waals surface area contributed by atoms with Crippen molar-refractivity contribution in [2.45, 2.75) is 0 Å². The van der Waals surface area contributed by atoms with Crippen molar-refractivity contribution in [3.8, 4) is 0 Å². The van der Waals surface area contributed by atoms with Gasteiger partial charge in [-0.15, -0.1) is 11.8 Å². The van der Waals surface area contributed by atoms with Crippen LogP contribution in [0, 0.1) is 5.82 Å². The van der Waals surface area contributed by atoms with Gasteiger partial charge in [-0.2, -0.15) is 0 Å². The zero-order chi connectivity index (χ0) is 13.1. The molecule has 0 amide bonds. The first-order valence-corrected chi connectivity index (χ1v) is 7.14. The molecule has 0 aliphatic carbocycles. The summed E-state index contributed by atoms with van der Waals surface area (Å²) in [4.78, 5) is 1.12. The maximum absolute atomic E-state index is 13.0. The van der Waals surface area contributed by atoms with E-state index in [1.54, 1.807) is 23.9 Å². The fourth-order valence-corrected chi connectivity index (χ4v) is 3.02. The van der Waals surface area contributed by atoms with Gasteiger partial charge in [-0.25, -0.2) is 4.39 Å². The van der Waals surface area contributed by atoms with Crippen molar-refractivity contribution in [2.24, 2.45) is 0 Å². The van der Waals surface area contributed by atoms with E-state index >= 15 is 0 Å². The predicted octanol–water partition coefficient (Wildman–Crippen LogP) is 4.41. The Morgan fingerprint density at radius 2 is 1.63 bits per heavy atom. The molecule has 3 heteroatoms. The molecule has 0 N–H and O–H groups in total. The first kappa shape index (κ1) is 12.3. The van der Waals surface area contributed by atoms with Gasteiger partial charge in [-0.05, 0) is 29.8 Å². The fourth-order valence-electron chi connectivity index (χ4n) is 2.04. The molecular formula is C16H13FOS. The molecule has 1 aliphatic rings. The molecule has 1 nitrogen and oxygen atoms in total. The van der Waals surface area contributed by atoms with E-state index in [0.29, 0.717) is 6.61 Å². The molecule has 0 saturated carbocycles. The van der Waals surface area contributed by atoms with E-state index in [9.17, 15) is 4.39 Å². The summed E-state index contributed by atoms with van der Waals surface area (Å²) in [5.74, 6) is 1.56. The lowest BCUT2D eigenvalue weighted by molar-refractivity contribution is 0.301. The molecule has 0 saturated heterocycles. The van der Waals surface area contributed by atoms with E-state index in [0.717, 1.165) is 27.5 Å². The topological polar surface area (TPSA) is 9.23 Å². The van der Waals surface area contributed by atoms with Crippen molar-refractivity contribution in [3.05, 3.63) is 71.5 Å². The first-order valence-electron chi connectivity index (χ1n) is 6.16. The van der Waals surface area contributed by atoms with Crippen LogP contribution in [-0.4, -0.2) is 12.4 Å². The van der Waals surface area contributed by atoms with Crippen LogP contribution in [0.2, 0.25) is 0 Å². The predicted molar refractivity (Wildman–Crippen MR) is 78.1 cm³/mol. The number of hydrogen-bond donors (Lipinski definition) is 0. The van der Waals surface area contributed by atoms with Gasteiger partial charge in [0.1, 0.15) is 11.6 Å². The van der Waals surface area contributed by atoms with Crippen LogP contribution in [0.3, 0.4) is 0 Å². The Kier molecular flexibility index (Phi) is 3.56. The van der Waals surface area contributed by atoms with Gasteiger partial charge in [0.25, 0.3) is 0 Å². The molecule has 1 heterocycles. The monoisotopic (exact) mass is 272 g/mol. The molecule has 0 radical (unpaired) electrons. The molecule has 2 aromatic rings. The van der Waals surface area contributed by atoms with Gasteiger partial charge in [-0.1, -0.05) is 30.3 Å². The van der Waals surface area contributed by atoms with Crippen LogP contribution in [0.1, 0.15) is 11.1 Å². The minimum atomic E-state index is -0.228. The van der Waals surface area contributed by atoms with Crippen molar-refractivity contribution >= 4 is 22.4 Å². The number of thioether (sulfide) groups is 1. The summed E-state index contributed by atoms with van der Waals surface area (Å²) >= 11 is 1.78. The summed E-state index contributed by atoms with van der Waals surface area (Å²) in [5, 5.41) is 0. The maximum atomic E-state index is 13.0. The second-order valence-electron chi connectivity index (χ2n) is 4.23. The second-order valence-corrected chi connectivity index (χ2v) is 5.33. The minimum absolute atomic E-state index is 0.228. The molecule has 0 spiro atoms. The third-order valence-electron chi connectivity index (χ3n) is 2.92. The quantitative estimate of drug-likeness (QED) is 0.800. The number of ether oxygens (including phenoxy) is 1. The molecule has 2 aromatic carbocycles. The average Bonchev–Trinajstić information content (AvgIpc) is 2.49. The molecule has 96 valence electrons. The highest BCUT2D eigenvalue weighted by Gasteiger charge is 2.18. The Morgan fingerprint density at radius 3 is 2.37 bits per heavy atom. The molecule has 0 aromatic heterocycles. The molecular weight excluding hydrogens is 259 g/mol. The van der Waals surface area contributed by atoms with Crippen LogP contribution < -0.4 is 0 Å². The van der Waals surface area contributed by atoms with Crippen LogP contribution >= 0.6 is 11.8 Å².